The minimum absolute atomic E-state index is 0.00437. The van der Waals surface area contributed by atoms with Crippen molar-refractivity contribution in [2.24, 2.45) is 0 Å². The number of sulfonamides is 1. The van der Waals surface area contributed by atoms with Crippen molar-refractivity contribution in [1.29, 1.82) is 0 Å². The Balaban J connectivity index is 1.81. The fourth-order valence-electron chi connectivity index (χ4n) is 2.51. The van der Waals surface area contributed by atoms with E-state index in [9.17, 15) is 22.0 Å². The van der Waals surface area contributed by atoms with Gasteiger partial charge in [-0.2, -0.15) is 13.1 Å². The van der Waals surface area contributed by atoms with Crippen molar-refractivity contribution in [1.82, 2.24) is 4.31 Å². The van der Waals surface area contributed by atoms with Crippen molar-refractivity contribution in [2.45, 2.75) is 18.1 Å². The van der Waals surface area contributed by atoms with E-state index in [1.807, 2.05) is 0 Å². The highest BCUT2D eigenvalue weighted by molar-refractivity contribution is 7.89. The van der Waals surface area contributed by atoms with Crippen LogP contribution in [-0.4, -0.2) is 26.4 Å². The van der Waals surface area contributed by atoms with E-state index in [4.69, 9.17) is 4.42 Å². The van der Waals surface area contributed by atoms with Crippen LogP contribution >= 0.6 is 0 Å². The van der Waals surface area contributed by atoms with Crippen molar-refractivity contribution in [2.75, 3.05) is 7.05 Å². The minimum atomic E-state index is -3.81. The van der Waals surface area contributed by atoms with Gasteiger partial charge in [0.15, 0.2) is 0 Å². The van der Waals surface area contributed by atoms with Gasteiger partial charge in [-0.05, 0) is 42.0 Å². The summed E-state index contributed by atoms with van der Waals surface area (Å²) in [6.07, 6.45) is 0. The molecular weight excluding hydrogens is 380 g/mol. The first-order valence-electron chi connectivity index (χ1n) is 7.80. The minimum Gasteiger partial charge on any atom is -0.435 e. The molecule has 142 valence electrons. The summed E-state index contributed by atoms with van der Waals surface area (Å²) in [7, 11) is -2.39. The molecular formula is C18H15F2NO5S. The first kappa shape index (κ1) is 19.0. The molecule has 0 atom stereocenters. The number of alkyl halides is 2. The molecule has 0 bridgehead atoms. The maximum atomic E-state index is 12.8. The standard InChI is InChI=1S/C18H15F2NO5S/c1-21(11-12-2-5-14(6-3-12)25-18(19)20)27(23,24)15-7-8-16-13(10-15)4-9-17(22)26-16/h2-10,18H,11H2,1H3. The molecule has 2 aromatic carbocycles. The van der Waals surface area contributed by atoms with E-state index in [2.05, 4.69) is 4.74 Å². The summed E-state index contributed by atoms with van der Waals surface area (Å²) in [5.74, 6) is -0.00437. The van der Waals surface area contributed by atoms with E-state index in [0.717, 1.165) is 4.31 Å². The monoisotopic (exact) mass is 395 g/mol. The topological polar surface area (TPSA) is 76.8 Å². The van der Waals surface area contributed by atoms with Gasteiger partial charge in [0.2, 0.25) is 10.0 Å². The van der Waals surface area contributed by atoms with Crippen LogP contribution in [0.4, 0.5) is 8.78 Å². The summed E-state index contributed by atoms with van der Waals surface area (Å²) in [5, 5.41) is 0.484. The molecule has 0 saturated carbocycles. The maximum absolute atomic E-state index is 12.8. The largest absolute Gasteiger partial charge is 0.435 e. The Bertz CT molecular complexity index is 1110. The summed E-state index contributed by atoms with van der Waals surface area (Å²) >= 11 is 0. The van der Waals surface area contributed by atoms with Crippen molar-refractivity contribution < 1.29 is 26.4 Å². The lowest BCUT2D eigenvalue weighted by atomic mass is 10.2. The molecule has 9 heteroatoms. The van der Waals surface area contributed by atoms with Crippen LogP contribution in [0, 0.1) is 0 Å². The second kappa shape index (κ2) is 7.45. The van der Waals surface area contributed by atoms with Crippen LogP contribution in [-0.2, 0) is 16.6 Å². The first-order valence-corrected chi connectivity index (χ1v) is 9.24. The molecule has 0 radical (unpaired) electrons. The quantitative estimate of drug-likeness (QED) is 0.599. The van der Waals surface area contributed by atoms with Gasteiger partial charge in [0.05, 0.1) is 4.90 Å². The maximum Gasteiger partial charge on any atom is 0.387 e. The zero-order valence-electron chi connectivity index (χ0n) is 14.1. The van der Waals surface area contributed by atoms with Gasteiger partial charge in [-0.1, -0.05) is 12.1 Å². The van der Waals surface area contributed by atoms with E-state index in [-0.39, 0.29) is 17.2 Å². The lowest BCUT2D eigenvalue weighted by Gasteiger charge is -2.18. The van der Waals surface area contributed by atoms with Crippen LogP contribution in [0.2, 0.25) is 0 Å². The fraction of sp³-hybridized carbons (Fsp3) is 0.167. The third-order valence-corrected chi connectivity index (χ3v) is 5.65. The molecule has 6 nitrogen and oxygen atoms in total. The van der Waals surface area contributed by atoms with Crippen LogP contribution in [0.25, 0.3) is 11.0 Å². The van der Waals surface area contributed by atoms with E-state index in [1.54, 1.807) is 0 Å². The van der Waals surface area contributed by atoms with E-state index in [0.29, 0.717) is 16.5 Å². The molecule has 1 heterocycles. The van der Waals surface area contributed by atoms with Gasteiger partial charge in [0.1, 0.15) is 11.3 Å². The van der Waals surface area contributed by atoms with Crippen molar-refractivity contribution >= 4 is 21.0 Å². The second-order valence-corrected chi connectivity index (χ2v) is 7.78. The number of halogens is 2. The summed E-state index contributed by atoms with van der Waals surface area (Å²) in [4.78, 5) is 11.3. The molecule has 27 heavy (non-hydrogen) atoms. The van der Waals surface area contributed by atoms with Gasteiger partial charge in [-0.15, -0.1) is 0 Å². The highest BCUT2D eigenvalue weighted by Gasteiger charge is 2.21. The van der Waals surface area contributed by atoms with Gasteiger partial charge < -0.3 is 9.15 Å². The van der Waals surface area contributed by atoms with Crippen molar-refractivity contribution in [3.63, 3.8) is 0 Å². The number of ether oxygens (including phenoxy) is 1. The Morgan fingerprint density at radius 1 is 1.07 bits per heavy atom. The summed E-state index contributed by atoms with van der Waals surface area (Å²) in [5.41, 5.74) is 0.377. The number of hydrogen-bond acceptors (Lipinski definition) is 5. The molecule has 3 aromatic rings. The SMILES string of the molecule is CN(Cc1ccc(OC(F)F)cc1)S(=O)(=O)c1ccc2oc(=O)ccc2c1. The van der Waals surface area contributed by atoms with E-state index in [1.165, 1.54) is 61.6 Å². The normalized spacial score (nSPS) is 12.0. The molecule has 0 unspecified atom stereocenters. The van der Waals surface area contributed by atoms with Crippen LogP contribution in [0.15, 0.2) is 68.7 Å². The Labute approximate surface area is 153 Å². The predicted molar refractivity (Wildman–Crippen MR) is 94.2 cm³/mol. The number of benzene rings is 2. The molecule has 0 spiro atoms. The lowest BCUT2D eigenvalue weighted by Crippen LogP contribution is -2.26. The smallest absolute Gasteiger partial charge is 0.387 e. The van der Waals surface area contributed by atoms with Gasteiger partial charge in [0, 0.05) is 25.0 Å². The van der Waals surface area contributed by atoms with Gasteiger partial charge >= 0.3 is 12.2 Å². The fourth-order valence-corrected chi connectivity index (χ4v) is 3.70. The zero-order valence-corrected chi connectivity index (χ0v) is 14.9. The molecule has 0 saturated heterocycles. The van der Waals surface area contributed by atoms with Crippen molar-refractivity contribution in [3.8, 4) is 5.75 Å². The zero-order chi connectivity index (χ0) is 19.6. The van der Waals surface area contributed by atoms with Crippen molar-refractivity contribution in [3.05, 3.63) is 70.6 Å². The van der Waals surface area contributed by atoms with Crippen LogP contribution < -0.4 is 10.4 Å². The third kappa shape index (κ3) is 4.32. The number of hydrogen-bond donors (Lipinski definition) is 0. The average Bonchev–Trinajstić information content (AvgIpc) is 2.62. The molecule has 0 fully saturated rings. The highest BCUT2D eigenvalue weighted by atomic mass is 32.2. The Kier molecular flexibility index (Phi) is 5.24. The molecule has 1 aromatic heterocycles. The molecule has 0 aliphatic rings. The predicted octanol–water partition coefficient (Wildman–Crippen LogP) is 3.22. The van der Waals surface area contributed by atoms with E-state index < -0.39 is 22.3 Å². The average molecular weight is 395 g/mol. The lowest BCUT2D eigenvalue weighted by molar-refractivity contribution is -0.0498. The van der Waals surface area contributed by atoms with Gasteiger partial charge in [-0.3, -0.25) is 0 Å². The second-order valence-electron chi connectivity index (χ2n) is 5.74. The molecule has 0 aliphatic heterocycles. The third-order valence-electron chi connectivity index (χ3n) is 3.85. The molecule has 0 amide bonds. The highest BCUT2D eigenvalue weighted by Crippen LogP contribution is 2.22. The van der Waals surface area contributed by atoms with Crippen LogP contribution in [0.3, 0.4) is 0 Å². The Morgan fingerprint density at radius 3 is 2.44 bits per heavy atom. The van der Waals surface area contributed by atoms with Gasteiger partial charge in [-0.25, -0.2) is 13.2 Å². The number of rotatable bonds is 6. The van der Waals surface area contributed by atoms with Gasteiger partial charge in [0.25, 0.3) is 0 Å². The molecule has 0 N–H and O–H groups in total. The van der Waals surface area contributed by atoms with E-state index >= 15 is 0 Å². The van der Waals surface area contributed by atoms with Crippen LogP contribution in [0.1, 0.15) is 5.56 Å². The summed E-state index contributed by atoms with van der Waals surface area (Å²) in [6, 6.07) is 12.6. The summed E-state index contributed by atoms with van der Waals surface area (Å²) < 4.78 is 60.3. The molecule has 0 aliphatic carbocycles. The number of fused-ring (bicyclic) bond motifs is 1. The number of nitrogens with zero attached hydrogens (tertiary/aromatic N) is 1. The first-order chi connectivity index (χ1) is 12.8. The summed E-state index contributed by atoms with van der Waals surface area (Å²) in [6.45, 7) is -2.88. The molecule has 3 rings (SSSR count). The Morgan fingerprint density at radius 2 is 1.78 bits per heavy atom. The van der Waals surface area contributed by atoms with Crippen LogP contribution in [0.5, 0.6) is 5.75 Å². The Hall–Kier alpha value is -2.78.